The van der Waals surface area contributed by atoms with Crippen molar-refractivity contribution in [2.75, 3.05) is 44.3 Å². The number of carbonyl (C=O) groups excluding carboxylic acids is 1. The smallest absolute Gasteiger partial charge is 0.317 e. The van der Waals surface area contributed by atoms with Gasteiger partial charge in [0.25, 0.3) is 5.56 Å². The van der Waals surface area contributed by atoms with E-state index in [1.807, 2.05) is 11.8 Å². The first-order valence-corrected chi connectivity index (χ1v) is 11.8. The molecule has 2 amide bonds. The highest BCUT2D eigenvalue weighted by atomic mass is 16.6. The van der Waals surface area contributed by atoms with Crippen molar-refractivity contribution in [2.24, 2.45) is 0 Å². The van der Waals surface area contributed by atoms with E-state index in [0.717, 1.165) is 12.8 Å². The van der Waals surface area contributed by atoms with Crippen LogP contribution < -0.4 is 25.2 Å². The first-order valence-electron chi connectivity index (χ1n) is 11.8. The van der Waals surface area contributed by atoms with Gasteiger partial charge < -0.3 is 24.6 Å². The Kier molecular flexibility index (Phi) is 5.80. The van der Waals surface area contributed by atoms with Gasteiger partial charge in [0.15, 0.2) is 11.5 Å². The van der Waals surface area contributed by atoms with Crippen LogP contribution in [0.2, 0.25) is 0 Å². The molecule has 0 spiro atoms. The number of ether oxygens (including phenoxy) is 2. The Morgan fingerprint density at radius 1 is 1.06 bits per heavy atom. The maximum absolute atomic E-state index is 13.2. The molecule has 172 valence electrons. The highest BCUT2D eigenvalue weighted by Gasteiger charge is 2.27. The van der Waals surface area contributed by atoms with Crippen LogP contribution in [0.5, 0.6) is 11.5 Å². The fourth-order valence-electron chi connectivity index (χ4n) is 4.89. The number of hydrogen-bond donors (Lipinski definition) is 1. The van der Waals surface area contributed by atoms with E-state index in [4.69, 9.17) is 14.5 Å². The van der Waals surface area contributed by atoms with Crippen molar-refractivity contribution in [1.82, 2.24) is 19.8 Å². The topological polar surface area (TPSA) is 88.9 Å². The average molecular weight is 442 g/mol. The molecule has 1 N–H and O–H groups in total. The van der Waals surface area contributed by atoms with Crippen molar-refractivity contribution in [1.29, 1.82) is 0 Å². The van der Waals surface area contributed by atoms with Gasteiger partial charge in [-0.3, -0.25) is 9.36 Å². The first kappa shape index (κ1) is 20.9. The third-order valence-corrected chi connectivity index (χ3v) is 6.70. The molecule has 1 aromatic heterocycles. The van der Waals surface area contributed by atoms with Crippen molar-refractivity contribution < 1.29 is 14.3 Å². The van der Waals surface area contributed by atoms with Gasteiger partial charge in [-0.05, 0) is 25.8 Å². The predicted molar refractivity (Wildman–Crippen MR) is 122 cm³/mol. The van der Waals surface area contributed by atoms with Crippen LogP contribution in [-0.2, 0) is 6.54 Å². The van der Waals surface area contributed by atoms with E-state index < -0.39 is 0 Å². The van der Waals surface area contributed by atoms with Crippen LogP contribution in [0.25, 0.3) is 10.9 Å². The lowest BCUT2D eigenvalue weighted by molar-refractivity contribution is 0.172. The number of anilines is 1. The molecule has 32 heavy (non-hydrogen) atoms. The van der Waals surface area contributed by atoms with E-state index in [-0.39, 0.29) is 11.6 Å². The van der Waals surface area contributed by atoms with Crippen molar-refractivity contribution in [3.63, 3.8) is 0 Å². The highest BCUT2D eigenvalue weighted by Crippen LogP contribution is 2.33. The molecule has 0 radical (unpaired) electrons. The van der Waals surface area contributed by atoms with Crippen LogP contribution in [-0.4, -0.2) is 65.9 Å². The van der Waals surface area contributed by atoms with Crippen LogP contribution >= 0.6 is 0 Å². The van der Waals surface area contributed by atoms with Crippen LogP contribution in [0.4, 0.5) is 10.7 Å². The van der Waals surface area contributed by atoms with Crippen molar-refractivity contribution in [3.05, 3.63) is 22.5 Å². The molecule has 1 aliphatic carbocycles. The lowest BCUT2D eigenvalue weighted by atomic mass is 9.96. The molecule has 3 aliphatic rings. The molecule has 1 aromatic carbocycles. The maximum atomic E-state index is 13.2. The Morgan fingerprint density at radius 2 is 1.75 bits per heavy atom. The summed E-state index contributed by atoms with van der Waals surface area (Å²) in [5.74, 6) is 1.87. The van der Waals surface area contributed by atoms with Crippen LogP contribution in [0.3, 0.4) is 0 Å². The average Bonchev–Trinajstić information content (AvgIpc) is 2.83. The number of piperazine rings is 1. The Hall–Kier alpha value is -2.97. The first-order chi connectivity index (χ1) is 15.6. The summed E-state index contributed by atoms with van der Waals surface area (Å²) in [6, 6.07) is 3.86. The minimum Gasteiger partial charge on any atom is -0.486 e. The SMILES string of the molecule is CCn1c(N2CCN(C(=O)NC3CCCCC3)CC2)nc2cc3c(cc2c1=O)OCCO3. The molecular formula is C23H31N5O4. The second-order valence-electron chi connectivity index (χ2n) is 8.73. The Balaban J connectivity index is 1.34. The van der Waals surface area contributed by atoms with Gasteiger partial charge in [-0.15, -0.1) is 0 Å². The molecule has 3 heterocycles. The third-order valence-electron chi connectivity index (χ3n) is 6.70. The van der Waals surface area contributed by atoms with Crippen molar-refractivity contribution >= 4 is 22.9 Å². The standard InChI is InChI=1S/C23H31N5O4/c1-2-28-21(29)17-14-19-20(32-13-12-31-19)15-18(17)25-22(28)26-8-10-27(11-9-26)23(30)24-16-6-4-3-5-7-16/h14-16H,2-13H2,1H3,(H,24,30). The molecule has 9 heteroatoms. The van der Waals surface area contributed by atoms with Gasteiger partial charge in [0.1, 0.15) is 13.2 Å². The lowest BCUT2D eigenvalue weighted by Crippen LogP contribution is -2.54. The van der Waals surface area contributed by atoms with Gasteiger partial charge in [0.2, 0.25) is 5.95 Å². The fourth-order valence-corrected chi connectivity index (χ4v) is 4.89. The van der Waals surface area contributed by atoms with E-state index in [0.29, 0.717) is 80.3 Å². The monoisotopic (exact) mass is 441 g/mol. The lowest BCUT2D eigenvalue weighted by Gasteiger charge is -2.37. The molecule has 0 bridgehead atoms. The molecular weight excluding hydrogens is 410 g/mol. The van der Waals surface area contributed by atoms with Gasteiger partial charge in [0, 0.05) is 44.8 Å². The molecule has 0 unspecified atom stereocenters. The number of aromatic nitrogens is 2. The van der Waals surface area contributed by atoms with Gasteiger partial charge in [-0.1, -0.05) is 19.3 Å². The van der Waals surface area contributed by atoms with E-state index >= 15 is 0 Å². The fraction of sp³-hybridized carbons (Fsp3) is 0.609. The van der Waals surface area contributed by atoms with Gasteiger partial charge in [-0.25, -0.2) is 9.78 Å². The summed E-state index contributed by atoms with van der Waals surface area (Å²) in [5.41, 5.74) is 0.526. The largest absolute Gasteiger partial charge is 0.486 e. The Morgan fingerprint density at radius 3 is 2.44 bits per heavy atom. The summed E-state index contributed by atoms with van der Waals surface area (Å²) in [4.78, 5) is 34.7. The highest BCUT2D eigenvalue weighted by molar-refractivity contribution is 5.83. The Labute approximate surface area is 187 Å². The van der Waals surface area contributed by atoms with E-state index in [1.165, 1.54) is 19.3 Å². The van der Waals surface area contributed by atoms with Crippen LogP contribution in [0.15, 0.2) is 16.9 Å². The minimum absolute atomic E-state index is 0.0275. The summed E-state index contributed by atoms with van der Waals surface area (Å²) in [6.07, 6.45) is 5.81. The molecule has 9 nitrogen and oxygen atoms in total. The summed E-state index contributed by atoms with van der Waals surface area (Å²) >= 11 is 0. The Bertz CT molecular complexity index is 1050. The number of benzene rings is 1. The number of urea groups is 1. The van der Waals surface area contributed by atoms with Crippen LogP contribution in [0.1, 0.15) is 39.0 Å². The summed E-state index contributed by atoms with van der Waals surface area (Å²) < 4.78 is 13.0. The normalized spacial score (nSPS) is 19.3. The second-order valence-corrected chi connectivity index (χ2v) is 8.73. The molecule has 0 atom stereocenters. The zero-order valence-corrected chi connectivity index (χ0v) is 18.6. The zero-order valence-electron chi connectivity index (χ0n) is 18.6. The number of carbonyl (C=O) groups is 1. The minimum atomic E-state index is -0.0815. The van der Waals surface area contributed by atoms with Crippen molar-refractivity contribution in [2.45, 2.75) is 51.6 Å². The number of amides is 2. The van der Waals surface area contributed by atoms with Gasteiger partial charge in [0.05, 0.1) is 10.9 Å². The third kappa shape index (κ3) is 3.96. The van der Waals surface area contributed by atoms with E-state index in [1.54, 1.807) is 16.7 Å². The molecule has 2 aliphatic heterocycles. The molecule has 2 fully saturated rings. The second kappa shape index (κ2) is 8.88. The van der Waals surface area contributed by atoms with Crippen LogP contribution in [0, 0.1) is 0 Å². The molecule has 1 saturated heterocycles. The van der Waals surface area contributed by atoms with Gasteiger partial charge in [-0.2, -0.15) is 0 Å². The van der Waals surface area contributed by atoms with E-state index in [9.17, 15) is 9.59 Å². The molecule has 1 saturated carbocycles. The summed E-state index contributed by atoms with van der Waals surface area (Å²) in [5, 5.41) is 3.73. The molecule has 2 aromatic rings. The number of fused-ring (bicyclic) bond motifs is 2. The molecule has 5 rings (SSSR count). The summed E-state index contributed by atoms with van der Waals surface area (Å²) in [6.45, 7) is 5.93. The van der Waals surface area contributed by atoms with E-state index in [2.05, 4.69) is 10.2 Å². The number of nitrogens with one attached hydrogen (secondary N) is 1. The summed E-state index contributed by atoms with van der Waals surface area (Å²) in [7, 11) is 0. The van der Waals surface area contributed by atoms with Gasteiger partial charge >= 0.3 is 6.03 Å². The predicted octanol–water partition coefficient (Wildman–Crippen LogP) is 2.35. The number of nitrogens with zero attached hydrogens (tertiary/aromatic N) is 4. The maximum Gasteiger partial charge on any atom is 0.317 e. The zero-order chi connectivity index (χ0) is 22.1. The number of rotatable bonds is 3. The quantitative estimate of drug-likeness (QED) is 0.787. The number of hydrogen-bond acceptors (Lipinski definition) is 6. The van der Waals surface area contributed by atoms with Crippen molar-refractivity contribution in [3.8, 4) is 11.5 Å².